The summed E-state index contributed by atoms with van der Waals surface area (Å²) in [6, 6.07) is 9.48. The van der Waals surface area contributed by atoms with Crippen LogP contribution in [0.25, 0.3) is 5.57 Å². The first-order valence-electron chi connectivity index (χ1n) is 7.14. The monoisotopic (exact) mass is 736 g/mol. The van der Waals surface area contributed by atoms with Crippen molar-refractivity contribution in [1.29, 1.82) is 0 Å². The summed E-state index contributed by atoms with van der Waals surface area (Å²) in [5.41, 5.74) is 2.34. The van der Waals surface area contributed by atoms with Crippen LogP contribution in [0.15, 0.2) is 58.5 Å². The molecule has 0 atom stereocenters. The fourth-order valence-corrected chi connectivity index (χ4v) is 6.85. The van der Waals surface area contributed by atoms with Crippen LogP contribution in [0.4, 0.5) is 8.63 Å². The number of fused-ring (bicyclic) bond motifs is 2. The second-order valence-corrected chi connectivity index (χ2v) is 10.3. The molecule has 2 aliphatic heterocycles. The summed E-state index contributed by atoms with van der Waals surface area (Å²) in [5.74, 6) is 0. The maximum atomic E-state index is 15.6. The molecule has 26 heavy (non-hydrogen) atoms. The van der Waals surface area contributed by atoms with Crippen molar-refractivity contribution in [2.24, 2.45) is 0 Å². The van der Waals surface area contributed by atoms with Crippen LogP contribution in [-0.4, -0.2) is 20.6 Å². The van der Waals surface area contributed by atoms with E-state index in [2.05, 4.69) is 95.6 Å². The van der Waals surface area contributed by atoms with Gasteiger partial charge in [-0.3, -0.25) is 0 Å². The predicted molar refractivity (Wildman–Crippen MR) is 122 cm³/mol. The SMILES string of the molecule is F[B-]1(F)n2c(Br)c(Br)c(Br)c2C(c2ccccc2)=C2C(Br)=C(Br)C(Br)=[N+]21. The van der Waals surface area contributed by atoms with Gasteiger partial charge in [-0.1, -0.05) is 30.3 Å². The number of rotatable bonds is 1. The van der Waals surface area contributed by atoms with E-state index < -0.39 is 6.97 Å². The summed E-state index contributed by atoms with van der Waals surface area (Å²) in [6.45, 7) is -4.14. The third kappa shape index (κ3) is 2.56. The van der Waals surface area contributed by atoms with Crippen LogP contribution >= 0.6 is 95.6 Å². The molecule has 4 rings (SSSR count). The van der Waals surface area contributed by atoms with E-state index in [1.165, 1.54) is 0 Å². The van der Waals surface area contributed by atoms with Crippen LogP contribution in [0.1, 0.15) is 11.3 Å². The highest BCUT2D eigenvalue weighted by molar-refractivity contribution is 9.21. The van der Waals surface area contributed by atoms with Gasteiger partial charge in [0, 0.05) is 21.6 Å². The highest BCUT2D eigenvalue weighted by Crippen LogP contribution is 2.52. The first-order chi connectivity index (χ1) is 12.2. The molecule has 0 aliphatic carbocycles. The largest absolute Gasteiger partial charge is 0.738 e. The number of halogens is 8. The van der Waals surface area contributed by atoms with E-state index in [9.17, 15) is 0 Å². The van der Waals surface area contributed by atoms with E-state index in [0.717, 1.165) is 14.5 Å². The smallest absolute Gasteiger partial charge is 0.389 e. The van der Waals surface area contributed by atoms with E-state index in [0.29, 0.717) is 34.9 Å². The molecule has 2 aliphatic rings. The third-order valence-electron chi connectivity index (χ3n) is 4.23. The van der Waals surface area contributed by atoms with Gasteiger partial charge in [-0.25, -0.2) is 0 Å². The summed E-state index contributed by atoms with van der Waals surface area (Å²) in [6.07, 6.45) is 0. The summed E-state index contributed by atoms with van der Waals surface area (Å²) >= 11 is 20.4. The molecule has 134 valence electrons. The molecule has 1 aromatic heterocycles. The van der Waals surface area contributed by atoms with Crippen molar-refractivity contribution in [3.05, 3.63) is 69.8 Å². The average molecular weight is 741 g/mol. The molecule has 0 fully saturated rings. The summed E-state index contributed by atoms with van der Waals surface area (Å²) in [4.78, 5) is 0. The molecule has 0 radical (unpaired) electrons. The minimum Gasteiger partial charge on any atom is -0.389 e. The Morgan fingerprint density at radius 3 is 2.08 bits per heavy atom. The molecule has 0 amide bonds. The Kier molecular flexibility index (Phi) is 5.14. The van der Waals surface area contributed by atoms with Crippen LogP contribution in [-0.2, 0) is 0 Å². The first-order valence-corrected chi connectivity index (χ1v) is 11.9. The minimum atomic E-state index is -4.14. The molecule has 0 N–H and O–H groups in total. The fraction of sp³-hybridized carbons (Fsp3) is 0. The average Bonchev–Trinajstić information content (AvgIpc) is 2.98. The molecular formula is C15H5BBr6F2N2. The summed E-state index contributed by atoms with van der Waals surface area (Å²) < 4.78 is 36.1. The van der Waals surface area contributed by atoms with Gasteiger partial charge in [0.2, 0.25) is 4.62 Å². The van der Waals surface area contributed by atoms with Crippen molar-refractivity contribution < 1.29 is 13.1 Å². The van der Waals surface area contributed by atoms with Gasteiger partial charge in [-0.05, 0) is 85.2 Å². The van der Waals surface area contributed by atoms with Crippen molar-refractivity contribution in [1.82, 2.24) is 4.48 Å². The van der Waals surface area contributed by atoms with Crippen molar-refractivity contribution in [3.63, 3.8) is 0 Å². The topological polar surface area (TPSA) is 7.94 Å². The summed E-state index contributed by atoms with van der Waals surface area (Å²) in [5, 5.41) is 0. The van der Waals surface area contributed by atoms with E-state index in [4.69, 9.17) is 0 Å². The zero-order valence-electron chi connectivity index (χ0n) is 12.4. The Bertz CT molecular complexity index is 1070. The number of hydrogen-bond donors (Lipinski definition) is 0. The Morgan fingerprint density at radius 1 is 0.846 bits per heavy atom. The number of nitrogens with zero attached hydrogens (tertiary/aromatic N) is 2. The summed E-state index contributed by atoms with van der Waals surface area (Å²) in [7, 11) is 0. The lowest BCUT2D eigenvalue weighted by atomic mass is 9.86. The Labute approximate surface area is 198 Å². The van der Waals surface area contributed by atoms with Crippen molar-refractivity contribution in [2.75, 3.05) is 0 Å². The Hall–Kier alpha value is 0.455. The first kappa shape index (κ1) is 19.8. The van der Waals surface area contributed by atoms with Crippen LogP contribution in [0.3, 0.4) is 0 Å². The molecule has 0 bridgehead atoms. The number of hydrogen-bond acceptors (Lipinski definition) is 0. The van der Waals surface area contributed by atoms with E-state index in [1.54, 1.807) is 0 Å². The van der Waals surface area contributed by atoms with E-state index in [1.807, 2.05) is 30.3 Å². The highest BCUT2D eigenvalue weighted by atomic mass is 79.9. The van der Waals surface area contributed by atoms with Gasteiger partial charge >= 0.3 is 6.97 Å². The molecule has 11 heteroatoms. The van der Waals surface area contributed by atoms with Gasteiger partial charge in [0.05, 0.1) is 19.1 Å². The molecule has 2 nitrogen and oxygen atoms in total. The number of aromatic nitrogens is 1. The van der Waals surface area contributed by atoms with Gasteiger partial charge in [0.15, 0.2) is 5.70 Å². The Morgan fingerprint density at radius 2 is 1.46 bits per heavy atom. The maximum absolute atomic E-state index is 15.6. The molecule has 1 aromatic carbocycles. The molecule has 0 unspecified atom stereocenters. The molecule has 0 spiro atoms. The highest BCUT2D eigenvalue weighted by Gasteiger charge is 2.58. The Balaban J connectivity index is 2.25. The zero-order valence-corrected chi connectivity index (χ0v) is 21.9. The van der Waals surface area contributed by atoms with Gasteiger partial charge in [0.1, 0.15) is 8.96 Å². The standard InChI is InChI=1S/C15H5BBr6F2N2/c17-8-10(19)14(21)25-12(8)7(6-4-2-1-3-5-6)13-9(18)11(20)15(22)26(13)16(25,23)24/h1-5H. The van der Waals surface area contributed by atoms with E-state index >= 15 is 8.63 Å². The van der Waals surface area contributed by atoms with Crippen LogP contribution in [0.5, 0.6) is 0 Å². The van der Waals surface area contributed by atoms with Crippen LogP contribution < -0.4 is 0 Å². The molecule has 0 saturated carbocycles. The second-order valence-electron chi connectivity index (χ2n) is 5.60. The van der Waals surface area contributed by atoms with Crippen LogP contribution in [0, 0.1) is 0 Å². The van der Waals surface area contributed by atoms with Crippen LogP contribution in [0.2, 0.25) is 0 Å². The molecule has 0 saturated heterocycles. The fourth-order valence-electron chi connectivity index (χ4n) is 3.16. The third-order valence-corrected chi connectivity index (χ3v) is 11.0. The van der Waals surface area contributed by atoms with Gasteiger partial charge in [-0.15, -0.1) is 0 Å². The number of allylic oxidation sites excluding steroid dienone is 2. The molecule has 2 aromatic rings. The van der Waals surface area contributed by atoms with Gasteiger partial charge in [0.25, 0.3) is 0 Å². The second kappa shape index (κ2) is 6.76. The van der Waals surface area contributed by atoms with E-state index in [-0.39, 0.29) is 9.22 Å². The van der Waals surface area contributed by atoms with Gasteiger partial charge < -0.3 is 17.6 Å². The zero-order chi connectivity index (χ0) is 19.0. The predicted octanol–water partition coefficient (Wildman–Crippen LogP) is 7.59. The lowest BCUT2D eigenvalue weighted by Crippen LogP contribution is -2.50. The quantitative estimate of drug-likeness (QED) is 0.267. The molecular weight excluding hydrogens is 736 g/mol. The molecule has 3 heterocycles. The lowest BCUT2D eigenvalue weighted by Gasteiger charge is -2.32. The lowest BCUT2D eigenvalue weighted by molar-refractivity contribution is -0.358. The normalized spacial score (nSPS) is 18.6. The van der Waals surface area contributed by atoms with Gasteiger partial charge in [-0.2, -0.15) is 0 Å². The van der Waals surface area contributed by atoms with Crippen molar-refractivity contribution in [3.8, 4) is 0 Å². The minimum absolute atomic E-state index is 0.274. The number of benzene rings is 1. The van der Waals surface area contributed by atoms with Crippen molar-refractivity contribution >= 4 is 113 Å². The maximum Gasteiger partial charge on any atom is 0.738 e. The van der Waals surface area contributed by atoms with Crippen molar-refractivity contribution in [2.45, 2.75) is 0 Å².